The second kappa shape index (κ2) is 8.12. The van der Waals surface area contributed by atoms with E-state index in [1.165, 1.54) is 19.3 Å². The minimum absolute atomic E-state index is 0.0281. The van der Waals surface area contributed by atoms with E-state index < -0.39 is 5.41 Å². The number of unbranched alkanes of at least 4 members (excludes halogenated alkanes) is 4. The van der Waals surface area contributed by atoms with Crippen molar-refractivity contribution >= 4 is 5.78 Å². The number of Topliss-reactive ketones (excluding diaryl/α,β-unsaturated/α-hetero) is 1. The van der Waals surface area contributed by atoms with E-state index in [0.717, 1.165) is 12.8 Å². The summed E-state index contributed by atoms with van der Waals surface area (Å²) in [7, 11) is 0. The number of rotatable bonds is 7. The molecule has 0 aromatic carbocycles. The average Bonchev–Trinajstić information content (AvgIpc) is 2.31. The summed E-state index contributed by atoms with van der Waals surface area (Å²) in [6.45, 7) is 11.8. The third-order valence-electron chi connectivity index (χ3n) is 3.43. The van der Waals surface area contributed by atoms with E-state index in [1.807, 2.05) is 26.8 Å². The van der Waals surface area contributed by atoms with Gasteiger partial charge in [-0.3, -0.25) is 4.79 Å². The molecular weight excluding hydrogens is 208 g/mol. The van der Waals surface area contributed by atoms with Gasteiger partial charge in [0.2, 0.25) is 5.78 Å². The predicted octanol–water partition coefficient (Wildman–Crippen LogP) is 4.38. The average molecular weight is 234 g/mol. The Morgan fingerprint density at radius 1 is 1.35 bits per heavy atom. The van der Waals surface area contributed by atoms with Gasteiger partial charge in [0.1, 0.15) is 0 Å². The molecule has 0 bridgehead atoms. The van der Waals surface area contributed by atoms with E-state index in [1.54, 1.807) is 0 Å². The molecule has 1 nitrogen and oxygen atoms in total. The first-order chi connectivity index (χ1) is 7.96. The summed E-state index contributed by atoms with van der Waals surface area (Å²) in [6.07, 6.45) is 7.47. The molecule has 0 N–H and O–H groups in total. The van der Waals surface area contributed by atoms with Crippen molar-refractivity contribution in [3.8, 4) is 11.8 Å². The first kappa shape index (κ1) is 16.0. The van der Waals surface area contributed by atoms with Gasteiger partial charge >= 0.3 is 0 Å². The van der Waals surface area contributed by atoms with Crippen molar-refractivity contribution in [2.24, 2.45) is 11.3 Å². The molecule has 0 aliphatic heterocycles. The molecule has 1 unspecified atom stereocenters. The SMILES string of the molecule is C=CC(C)C(C)(C)C(=O)C#CCCCCCC. The maximum Gasteiger partial charge on any atom is 0.211 e. The van der Waals surface area contributed by atoms with Crippen LogP contribution in [-0.4, -0.2) is 5.78 Å². The molecule has 1 atom stereocenters. The van der Waals surface area contributed by atoms with Crippen molar-refractivity contribution in [3.05, 3.63) is 12.7 Å². The van der Waals surface area contributed by atoms with Crippen LogP contribution in [0.1, 0.15) is 59.8 Å². The summed E-state index contributed by atoms with van der Waals surface area (Å²) in [5.74, 6) is 5.96. The van der Waals surface area contributed by atoms with Crippen LogP contribution in [0.5, 0.6) is 0 Å². The third kappa shape index (κ3) is 5.73. The Balaban J connectivity index is 4.16. The molecule has 0 saturated heterocycles. The Kier molecular flexibility index (Phi) is 7.63. The standard InChI is InChI=1S/C16H26O/c1-6-8-9-10-11-12-13-15(17)16(4,5)14(3)7-2/h7,14H,2,6,8-11H2,1,3-5H3. The summed E-state index contributed by atoms with van der Waals surface area (Å²) in [4.78, 5) is 11.9. The molecule has 0 heterocycles. The van der Waals surface area contributed by atoms with E-state index in [2.05, 4.69) is 25.3 Å². The van der Waals surface area contributed by atoms with Crippen molar-refractivity contribution in [3.63, 3.8) is 0 Å². The Hall–Kier alpha value is -1.03. The number of hydrogen-bond acceptors (Lipinski definition) is 1. The van der Waals surface area contributed by atoms with Crippen LogP contribution in [0.15, 0.2) is 12.7 Å². The van der Waals surface area contributed by atoms with Gasteiger partial charge in [-0.2, -0.15) is 0 Å². The van der Waals surface area contributed by atoms with Crippen molar-refractivity contribution < 1.29 is 4.79 Å². The number of allylic oxidation sites excluding steroid dienone is 1. The van der Waals surface area contributed by atoms with Gasteiger partial charge in [0.25, 0.3) is 0 Å². The van der Waals surface area contributed by atoms with Gasteiger partial charge in [-0.15, -0.1) is 6.58 Å². The lowest BCUT2D eigenvalue weighted by molar-refractivity contribution is -0.122. The molecule has 0 saturated carbocycles. The first-order valence-corrected chi connectivity index (χ1v) is 6.62. The molecule has 0 aromatic heterocycles. The summed E-state index contributed by atoms with van der Waals surface area (Å²) in [6, 6.07) is 0. The maximum absolute atomic E-state index is 11.9. The molecule has 0 rings (SSSR count). The lowest BCUT2D eigenvalue weighted by Gasteiger charge is -2.25. The lowest BCUT2D eigenvalue weighted by atomic mass is 9.76. The zero-order valence-corrected chi connectivity index (χ0v) is 11.8. The molecule has 0 aromatic rings. The van der Waals surface area contributed by atoms with Crippen LogP contribution in [0.25, 0.3) is 0 Å². The van der Waals surface area contributed by atoms with Gasteiger partial charge in [0, 0.05) is 11.8 Å². The number of carbonyl (C=O) groups is 1. The Bertz CT molecular complexity index is 301. The summed E-state index contributed by atoms with van der Waals surface area (Å²) >= 11 is 0. The monoisotopic (exact) mass is 234 g/mol. The molecule has 0 aliphatic rings. The van der Waals surface area contributed by atoms with Gasteiger partial charge in [0.15, 0.2) is 0 Å². The fourth-order valence-electron chi connectivity index (χ4n) is 1.45. The normalized spacial score (nSPS) is 12.5. The van der Waals surface area contributed by atoms with Gasteiger partial charge in [-0.05, 0) is 18.3 Å². The fraction of sp³-hybridized carbons (Fsp3) is 0.688. The number of hydrogen-bond donors (Lipinski definition) is 0. The molecule has 17 heavy (non-hydrogen) atoms. The smallest absolute Gasteiger partial charge is 0.211 e. The molecule has 96 valence electrons. The number of carbonyl (C=O) groups excluding carboxylic acids is 1. The topological polar surface area (TPSA) is 17.1 Å². The van der Waals surface area contributed by atoms with Crippen LogP contribution in [0, 0.1) is 23.2 Å². The third-order valence-corrected chi connectivity index (χ3v) is 3.43. The predicted molar refractivity (Wildman–Crippen MR) is 74.7 cm³/mol. The van der Waals surface area contributed by atoms with Gasteiger partial charge in [0.05, 0.1) is 0 Å². The summed E-state index contributed by atoms with van der Waals surface area (Å²) in [5, 5.41) is 0. The quantitative estimate of drug-likeness (QED) is 0.276. The highest BCUT2D eigenvalue weighted by atomic mass is 16.1. The maximum atomic E-state index is 11.9. The largest absolute Gasteiger partial charge is 0.284 e. The molecule has 0 aliphatic carbocycles. The van der Waals surface area contributed by atoms with E-state index in [0.29, 0.717) is 0 Å². The van der Waals surface area contributed by atoms with E-state index in [9.17, 15) is 4.79 Å². The van der Waals surface area contributed by atoms with E-state index in [4.69, 9.17) is 0 Å². The second-order valence-electron chi connectivity index (χ2n) is 5.19. The van der Waals surface area contributed by atoms with Crippen LogP contribution >= 0.6 is 0 Å². The van der Waals surface area contributed by atoms with Crippen molar-refractivity contribution in [2.75, 3.05) is 0 Å². The van der Waals surface area contributed by atoms with Crippen LogP contribution in [-0.2, 0) is 4.79 Å². The second-order valence-corrected chi connectivity index (χ2v) is 5.19. The van der Waals surface area contributed by atoms with Gasteiger partial charge < -0.3 is 0 Å². The highest BCUT2D eigenvalue weighted by Crippen LogP contribution is 2.28. The van der Waals surface area contributed by atoms with Crippen LogP contribution in [0.4, 0.5) is 0 Å². The molecule has 0 amide bonds. The Morgan fingerprint density at radius 3 is 2.53 bits per heavy atom. The minimum atomic E-state index is -0.418. The molecule has 0 radical (unpaired) electrons. The van der Waals surface area contributed by atoms with E-state index >= 15 is 0 Å². The zero-order chi connectivity index (χ0) is 13.3. The molecule has 1 heteroatoms. The van der Waals surface area contributed by atoms with Crippen molar-refractivity contribution in [1.82, 2.24) is 0 Å². The number of ketones is 1. The molecule has 0 spiro atoms. The zero-order valence-electron chi connectivity index (χ0n) is 11.8. The highest BCUT2D eigenvalue weighted by molar-refractivity contribution is 5.99. The van der Waals surface area contributed by atoms with Crippen LogP contribution in [0.3, 0.4) is 0 Å². The first-order valence-electron chi connectivity index (χ1n) is 6.62. The van der Waals surface area contributed by atoms with E-state index in [-0.39, 0.29) is 11.7 Å². The van der Waals surface area contributed by atoms with Gasteiger partial charge in [-0.1, -0.05) is 59.0 Å². The van der Waals surface area contributed by atoms with Crippen LogP contribution in [0.2, 0.25) is 0 Å². The Morgan fingerprint density at radius 2 is 2.00 bits per heavy atom. The fourth-order valence-corrected chi connectivity index (χ4v) is 1.45. The molecular formula is C16H26O. The summed E-state index contributed by atoms with van der Waals surface area (Å²) in [5.41, 5.74) is -0.418. The lowest BCUT2D eigenvalue weighted by Crippen LogP contribution is -2.29. The Labute approximate surface area is 107 Å². The van der Waals surface area contributed by atoms with Gasteiger partial charge in [-0.25, -0.2) is 0 Å². The summed E-state index contributed by atoms with van der Waals surface area (Å²) < 4.78 is 0. The van der Waals surface area contributed by atoms with Crippen LogP contribution < -0.4 is 0 Å². The molecule has 0 fully saturated rings. The minimum Gasteiger partial charge on any atom is -0.284 e. The van der Waals surface area contributed by atoms with Crippen molar-refractivity contribution in [1.29, 1.82) is 0 Å². The van der Waals surface area contributed by atoms with Crippen molar-refractivity contribution in [2.45, 2.75) is 59.8 Å². The highest BCUT2D eigenvalue weighted by Gasteiger charge is 2.30.